The fourth-order valence-corrected chi connectivity index (χ4v) is 1.18. The van der Waals surface area contributed by atoms with Crippen LogP contribution in [0.15, 0.2) is 18.2 Å². The molecule has 1 aromatic rings. The number of benzene rings is 1. The number of carbonyl (C=O) groups excluding carboxylic acids is 1. The molecule has 0 saturated carbocycles. The monoisotopic (exact) mass is 265 g/mol. The van der Waals surface area contributed by atoms with E-state index in [1.54, 1.807) is 13.8 Å². The molecule has 100 valence electrons. The van der Waals surface area contributed by atoms with E-state index in [0.717, 1.165) is 6.07 Å². The molecule has 0 fully saturated rings. The van der Waals surface area contributed by atoms with Crippen molar-refractivity contribution >= 4 is 11.8 Å². The van der Waals surface area contributed by atoms with E-state index in [0.29, 0.717) is 12.1 Å². The second-order valence-electron chi connectivity index (χ2n) is 3.77. The van der Waals surface area contributed by atoms with E-state index in [1.807, 2.05) is 0 Å². The van der Waals surface area contributed by atoms with Crippen molar-refractivity contribution < 1.29 is 27.1 Å². The van der Waals surface area contributed by atoms with Gasteiger partial charge in [0.25, 0.3) is 0 Å². The zero-order valence-corrected chi connectivity index (χ0v) is 9.64. The molecule has 0 bridgehead atoms. The molecule has 7 heteroatoms. The van der Waals surface area contributed by atoms with Gasteiger partial charge in [0.1, 0.15) is 5.82 Å². The Labute approximate surface area is 101 Å². The van der Waals surface area contributed by atoms with Gasteiger partial charge in [-0.2, -0.15) is 13.2 Å². The van der Waals surface area contributed by atoms with Gasteiger partial charge in [0.15, 0.2) is 0 Å². The topological polar surface area (TPSA) is 38.3 Å². The number of halogens is 4. The molecular weight excluding hydrogens is 254 g/mol. The Morgan fingerprint density at radius 2 is 1.94 bits per heavy atom. The summed E-state index contributed by atoms with van der Waals surface area (Å²) < 4.78 is 54.8. The summed E-state index contributed by atoms with van der Waals surface area (Å²) in [6.07, 6.45) is -6.12. The highest BCUT2D eigenvalue weighted by Crippen LogP contribution is 2.32. The van der Waals surface area contributed by atoms with Crippen LogP contribution in [-0.4, -0.2) is 12.2 Å². The van der Waals surface area contributed by atoms with Crippen molar-refractivity contribution in [1.82, 2.24) is 0 Å². The SMILES string of the molecule is CC(C)OC(=O)Nc1ccc(F)c(C(F)(F)F)c1. The van der Waals surface area contributed by atoms with Gasteiger partial charge in [-0.25, -0.2) is 9.18 Å². The van der Waals surface area contributed by atoms with Crippen molar-refractivity contribution in [3.63, 3.8) is 0 Å². The fraction of sp³-hybridized carbons (Fsp3) is 0.364. The first-order chi connectivity index (χ1) is 8.20. The average molecular weight is 265 g/mol. The highest BCUT2D eigenvalue weighted by atomic mass is 19.4. The molecule has 0 radical (unpaired) electrons. The number of ether oxygens (including phenoxy) is 1. The lowest BCUT2D eigenvalue weighted by Crippen LogP contribution is -2.18. The average Bonchev–Trinajstić information content (AvgIpc) is 2.17. The van der Waals surface area contributed by atoms with E-state index in [2.05, 4.69) is 10.1 Å². The van der Waals surface area contributed by atoms with Crippen LogP contribution in [0.4, 0.5) is 28.0 Å². The summed E-state index contributed by atoms with van der Waals surface area (Å²) in [5, 5.41) is 2.09. The first-order valence-corrected chi connectivity index (χ1v) is 5.04. The van der Waals surface area contributed by atoms with Gasteiger partial charge in [0.2, 0.25) is 0 Å². The summed E-state index contributed by atoms with van der Waals surface area (Å²) in [6, 6.07) is 2.16. The van der Waals surface area contributed by atoms with Crippen LogP contribution in [-0.2, 0) is 10.9 Å². The van der Waals surface area contributed by atoms with Crippen molar-refractivity contribution in [3.8, 4) is 0 Å². The van der Waals surface area contributed by atoms with Gasteiger partial charge in [0, 0.05) is 5.69 Å². The van der Waals surface area contributed by atoms with Gasteiger partial charge in [-0.15, -0.1) is 0 Å². The van der Waals surface area contributed by atoms with Gasteiger partial charge < -0.3 is 4.74 Å². The fourth-order valence-electron chi connectivity index (χ4n) is 1.18. The summed E-state index contributed by atoms with van der Waals surface area (Å²) in [5.41, 5.74) is -1.63. The predicted octanol–water partition coefficient (Wildman–Crippen LogP) is 3.80. The minimum atomic E-state index is -4.82. The third-order valence-corrected chi connectivity index (χ3v) is 1.86. The van der Waals surface area contributed by atoms with Crippen molar-refractivity contribution in [3.05, 3.63) is 29.6 Å². The number of rotatable bonds is 2. The Bertz CT molecular complexity index is 443. The van der Waals surface area contributed by atoms with Crippen LogP contribution < -0.4 is 5.32 Å². The minimum Gasteiger partial charge on any atom is -0.447 e. The zero-order chi connectivity index (χ0) is 13.9. The molecule has 0 aliphatic carbocycles. The number of nitrogens with one attached hydrogen (secondary N) is 1. The predicted molar refractivity (Wildman–Crippen MR) is 56.6 cm³/mol. The summed E-state index contributed by atoms with van der Waals surface area (Å²) in [7, 11) is 0. The molecule has 1 N–H and O–H groups in total. The Morgan fingerprint density at radius 3 is 2.44 bits per heavy atom. The van der Waals surface area contributed by atoms with Crippen LogP contribution in [0.3, 0.4) is 0 Å². The summed E-state index contributed by atoms with van der Waals surface area (Å²) >= 11 is 0. The maximum atomic E-state index is 12.9. The molecule has 18 heavy (non-hydrogen) atoms. The van der Waals surface area contributed by atoms with Crippen LogP contribution in [0, 0.1) is 5.82 Å². The molecule has 0 spiro atoms. The van der Waals surface area contributed by atoms with E-state index >= 15 is 0 Å². The third kappa shape index (κ3) is 3.90. The van der Waals surface area contributed by atoms with E-state index in [1.165, 1.54) is 0 Å². The number of hydrogen-bond acceptors (Lipinski definition) is 2. The maximum Gasteiger partial charge on any atom is 0.419 e. The van der Waals surface area contributed by atoms with Crippen LogP contribution in [0.5, 0.6) is 0 Å². The van der Waals surface area contributed by atoms with Crippen molar-refractivity contribution in [1.29, 1.82) is 0 Å². The zero-order valence-electron chi connectivity index (χ0n) is 9.64. The van der Waals surface area contributed by atoms with Gasteiger partial charge in [0.05, 0.1) is 11.7 Å². The molecule has 0 unspecified atom stereocenters. The quantitative estimate of drug-likeness (QED) is 0.826. The van der Waals surface area contributed by atoms with Crippen molar-refractivity contribution in [2.75, 3.05) is 5.32 Å². The largest absolute Gasteiger partial charge is 0.447 e. The Morgan fingerprint density at radius 1 is 1.33 bits per heavy atom. The number of alkyl halides is 3. The van der Waals surface area contributed by atoms with Crippen LogP contribution >= 0.6 is 0 Å². The van der Waals surface area contributed by atoms with E-state index in [4.69, 9.17) is 0 Å². The molecule has 0 aliphatic heterocycles. The lowest BCUT2D eigenvalue weighted by Gasteiger charge is -2.12. The Balaban J connectivity index is 2.89. The van der Waals surface area contributed by atoms with E-state index < -0.39 is 29.8 Å². The summed E-state index contributed by atoms with van der Waals surface area (Å²) in [5.74, 6) is -1.40. The number of amides is 1. The van der Waals surface area contributed by atoms with Gasteiger partial charge in [-0.05, 0) is 32.0 Å². The molecule has 0 aliphatic rings. The van der Waals surface area contributed by atoms with Gasteiger partial charge in [-0.1, -0.05) is 0 Å². The number of anilines is 1. The standard InChI is InChI=1S/C11H11F4NO2/c1-6(2)18-10(17)16-7-3-4-9(12)8(5-7)11(13,14)15/h3-6H,1-2H3,(H,16,17). The van der Waals surface area contributed by atoms with Crippen LogP contribution in [0.2, 0.25) is 0 Å². The molecule has 1 aromatic carbocycles. The van der Waals surface area contributed by atoms with E-state index in [-0.39, 0.29) is 5.69 Å². The second-order valence-corrected chi connectivity index (χ2v) is 3.77. The first-order valence-electron chi connectivity index (χ1n) is 5.04. The minimum absolute atomic E-state index is 0.186. The Hall–Kier alpha value is -1.79. The van der Waals surface area contributed by atoms with E-state index in [9.17, 15) is 22.4 Å². The molecule has 1 amide bonds. The molecular formula is C11H11F4NO2. The van der Waals surface area contributed by atoms with Crippen LogP contribution in [0.25, 0.3) is 0 Å². The first kappa shape index (κ1) is 14.3. The maximum absolute atomic E-state index is 12.9. The highest BCUT2D eigenvalue weighted by Gasteiger charge is 2.34. The molecule has 0 atom stereocenters. The molecule has 3 nitrogen and oxygen atoms in total. The molecule has 0 aromatic heterocycles. The highest BCUT2D eigenvalue weighted by molar-refractivity contribution is 5.84. The number of hydrogen-bond donors (Lipinski definition) is 1. The third-order valence-electron chi connectivity index (χ3n) is 1.86. The lowest BCUT2D eigenvalue weighted by atomic mass is 10.2. The second kappa shape index (κ2) is 5.24. The molecule has 0 saturated heterocycles. The summed E-state index contributed by atoms with van der Waals surface area (Å²) in [6.45, 7) is 3.18. The smallest absolute Gasteiger partial charge is 0.419 e. The molecule has 1 rings (SSSR count). The van der Waals surface area contributed by atoms with Crippen LogP contribution in [0.1, 0.15) is 19.4 Å². The van der Waals surface area contributed by atoms with Crippen molar-refractivity contribution in [2.24, 2.45) is 0 Å². The normalized spacial score (nSPS) is 11.5. The molecule has 0 heterocycles. The Kier molecular flexibility index (Phi) is 4.15. The summed E-state index contributed by atoms with van der Waals surface area (Å²) in [4.78, 5) is 11.2. The van der Waals surface area contributed by atoms with Gasteiger partial charge in [-0.3, -0.25) is 5.32 Å². The number of carbonyl (C=O) groups is 1. The lowest BCUT2D eigenvalue weighted by molar-refractivity contribution is -0.139. The van der Waals surface area contributed by atoms with Crippen molar-refractivity contribution in [2.45, 2.75) is 26.1 Å². The van der Waals surface area contributed by atoms with Gasteiger partial charge >= 0.3 is 12.3 Å².